The maximum atomic E-state index is 10.6. The number of aliphatic hydroxyl groups is 1. The standard InChI is InChI=1S/C16H22O3/c17-16(6-1-9-18-11-8-16)7-4-13-2-3-15-14(12-13)5-10-19-15/h2-3,12,17H,1,4-11H2. The third-order valence-corrected chi connectivity index (χ3v) is 4.28. The van der Waals surface area contributed by atoms with Gasteiger partial charge in [0.25, 0.3) is 0 Å². The molecule has 0 aromatic heterocycles. The van der Waals surface area contributed by atoms with Crippen molar-refractivity contribution >= 4 is 0 Å². The molecule has 2 aliphatic heterocycles. The Kier molecular flexibility index (Phi) is 3.76. The SMILES string of the molecule is OC1(CCc2ccc3c(c2)CCO3)CCCOCC1. The smallest absolute Gasteiger partial charge is 0.122 e. The van der Waals surface area contributed by atoms with Gasteiger partial charge >= 0.3 is 0 Å². The Morgan fingerprint density at radius 1 is 1.16 bits per heavy atom. The van der Waals surface area contributed by atoms with Gasteiger partial charge in [-0.15, -0.1) is 0 Å². The zero-order valence-electron chi connectivity index (χ0n) is 11.4. The van der Waals surface area contributed by atoms with E-state index in [0.29, 0.717) is 6.61 Å². The summed E-state index contributed by atoms with van der Waals surface area (Å²) in [6.07, 6.45) is 5.37. The average Bonchev–Trinajstić information content (AvgIpc) is 2.78. The predicted octanol–water partition coefficient (Wildman–Crippen LogP) is 2.49. The van der Waals surface area contributed by atoms with Crippen molar-refractivity contribution in [3.8, 4) is 5.75 Å². The summed E-state index contributed by atoms with van der Waals surface area (Å²) in [6.45, 7) is 2.28. The van der Waals surface area contributed by atoms with Crippen LogP contribution in [0.5, 0.6) is 5.75 Å². The van der Waals surface area contributed by atoms with Crippen molar-refractivity contribution in [3.05, 3.63) is 29.3 Å². The van der Waals surface area contributed by atoms with Crippen molar-refractivity contribution in [1.29, 1.82) is 0 Å². The molecule has 0 amide bonds. The van der Waals surface area contributed by atoms with Crippen LogP contribution in [0.25, 0.3) is 0 Å². The number of ether oxygens (including phenoxy) is 2. The van der Waals surface area contributed by atoms with Crippen molar-refractivity contribution < 1.29 is 14.6 Å². The highest BCUT2D eigenvalue weighted by Crippen LogP contribution is 2.29. The van der Waals surface area contributed by atoms with E-state index in [-0.39, 0.29) is 0 Å². The summed E-state index contributed by atoms with van der Waals surface area (Å²) in [5, 5.41) is 10.6. The second-order valence-electron chi connectivity index (χ2n) is 5.73. The van der Waals surface area contributed by atoms with E-state index < -0.39 is 5.60 Å². The van der Waals surface area contributed by atoms with E-state index in [4.69, 9.17) is 9.47 Å². The minimum Gasteiger partial charge on any atom is -0.493 e. The Balaban J connectivity index is 1.62. The molecule has 0 saturated carbocycles. The Bertz CT molecular complexity index is 434. The van der Waals surface area contributed by atoms with Crippen LogP contribution in [0.4, 0.5) is 0 Å². The summed E-state index contributed by atoms with van der Waals surface area (Å²) in [7, 11) is 0. The highest BCUT2D eigenvalue weighted by atomic mass is 16.5. The van der Waals surface area contributed by atoms with Gasteiger partial charge < -0.3 is 14.6 Å². The fourth-order valence-electron chi connectivity index (χ4n) is 3.01. The number of rotatable bonds is 3. The van der Waals surface area contributed by atoms with Crippen LogP contribution in [0.1, 0.15) is 36.8 Å². The molecule has 2 aliphatic rings. The number of hydrogen-bond acceptors (Lipinski definition) is 3. The van der Waals surface area contributed by atoms with Crippen LogP contribution in [0.3, 0.4) is 0 Å². The average molecular weight is 262 g/mol. The van der Waals surface area contributed by atoms with Gasteiger partial charge in [0.2, 0.25) is 0 Å². The minimum atomic E-state index is -0.536. The van der Waals surface area contributed by atoms with Gasteiger partial charge in [0.15, 0.2) is 0 Å². The van der Waals surface area contributed by atoms with Crippen molar-refractivity contribution in [2.45, 2.75) is 44.1 Å². The zero-order chi connectivity index (χ0) is 13.1. The first-order valence-electron chi connectivity index (χ1n) is 7.30. The molecule has 1 aromatic rings. The van der Waals surface area contributed by atoms with Crippen molar-refractivity contribution in [1.82, 2.24) is 0 Å². The van der Waals surface area contributed by atoms with Crippen LogP contribution in [-0.4, -0.2) is 30.5 Å². The normalized spacial score (nSPS) is 26.6. The van der Waals surface area contributed by atoms with E-state index in [9.17, 15) is 5.11 Å². The summed E-state index contributed by atoms with van der Waals surface area (Å²) in [5.41, 5.74) is 2.09. The van der Waals surface area contributed by atoms with Crippen LogP contribution < -0.4 is 4.74 Å². The molecule has 1 unspecified atom stereocenters. The first kappa shape index (κ1) is 12.9. The zero-order valence-corrected chi connectivity index (χ0v) is 11.4. The van der Waals surface area contributed by atoms with Gasteiger partial charge in [-0.1, -0.05) is 12.1 Å². The van der Waals surface area contributed by atoms with Crippen molar-refractivity contribution in [3.63, 3.8) is 0 Å². The first-order chi connectivity index (χ1) is 9.25. The molecule has 0 radical (unpaired) electrons. The summed E-state index contributed by atoms with van der Waals surface area (Å²) in [6, 6.07) is 6.43. The summed E-state index contributed by atoms with van der Waals surface area (Å²) >= 11 is 0. The molecule has 0 spiro atoms. The maximum absolute atomic E-state index is 10.6. The number of hydrogen-bond donors (Lipinski definition) is 1. The Morgan fingerprint density at radius 3 is 3.05 bits per heavy atom. The van der Waals surface area contributed by atoms with Crippen LogP contribution in [0.15, 0.2) is 18.2 Å². The van der Waals surface area contributed by atoms with Crippen LogP contribution in [0, 0.1) is 0 Å². The Morgan fingerprint density at radius 2 is 2.11 bits per heavy atom. The summed E-state index contributed by atoms with van der Waals surface area (Å²) in [5.74, 6) is 1.03. The van der Waals surface area contributed by atoms with Crippen molar-refractivity contribution in [2.75, 3.05) is 19.8 Å². The van der Waals surface area contributed by atoms with E-state index >= 15 is 0 Å². The summed E-state index contributed by atoms with van der Waals surface area (Å²) < 4.78 is 10.9. The van der Waals surface area contributed by atoms with Gasteiger partial charge in [0.05, 0.1) is 12.2 Å². The lowest BCUT2D eigenvalue weighted by Gasteiger charge is -2.26. The molecule has 1 atom stereocenters. The van der Waals surface area contributed by atoms with E-state index in [2.05, 4.69) is 18.2 Å². The molecule has 104 valence electrons. The summed E-state index contributed by atoms with van der Waals surface area (Å²) in [4.78, 5) is 0. The third-order valence-electron chi connectivity index (χ3n) is 4.28. The lowest BCUT2D eigenvalue weighted by Crippen LogP contribution is -2.29. The van der Waals surface area contributed by atoms with Gasteiger partial charge in [-0.2, -0.15) is 0 Å². The minimum absolute atomic E-state index is 0.536. The molecular formula is C16H22O3. The van der Waals surface area contributed by atoms with Crippen LogP contribution in [-0.2, 0) is 17.6 Å². The molecule has 3 heteroatoms. The fraction of sp³-hybridized carbons (Fsp3) is 0.625. The van der Waals surface area contributed by atoms with Gasteiger partial charge in [-0.25, -0.2) is 0 Å². The van der Waals surface area contributed by atoms with Crippen LogP contribution in [0.2, 0.25) is 0 Å². The second-order valence-corrected chi connectivity index (χ2v) is 5.73. The number of aryl methyl sites for hydroxylation is 1. The van der Waals surface area contributed by atoms with Gasteiger partial charge in [-0.3, -0.25) is 0 Å². The highest BCUT2D eigenvalue weighted by Gasteiger charge is 2.28. The second kappa shape index (κ2) is 5.51. The molecule has 0 bridgehead atoms. The van der Waals surface area contributed by atoms with Gasteiger partial charge in [-0.05, 0) is 49.3 Å². The topological polar surface area (TPSA) is 38.7 Å². The van der Waals surface area contributed by atoms with E-state index in [0.717, 1.165) is 57.5 Å². The monoisotopic (exact) mass is 262 g/mol. The molecular weight excluding hydrogens is 240 g/mol. The quantitative estimate of drug-likeness (QED) is 0.909. The largest absolute Gasteiger partial charge is 0.493 e. The molecule has 3 rings (SSSR count). The number of fused-ring (bicyclic) bond motifs is 1. The van der Waals surface area contributed by atoms with Gasteiger partial charge in [0.1, 0.15) is 5.75 Å². The predicted molar refractivity (Wildman–Crippen MR) is 73.6 cm³/mol. The molecule has 2 heterocycles. The lowest BCUT2D eigenvalue weighted by molar-refractivity contribution is 0.0110. The molecule has 3 nitrogen and oxygen atoms in total. The third kappa shape index (κ3) is 3.10. The Labute approximate surface area is 114 Å². The molecule has 19 heavy (non-hydrogen) atoms. The molecule has 1 aromatic carbocycles. The number of benzene rings is 1. The van der Waals surface area contributed by atoms with Gasteiger partial charge in [0, 0.05) is 19.6 Å². The fourth-order valence-corrected chi connectivity index (χ4v) is 3.01. The lowest BCUT2D eigenvalue weighted by atomic mass is 9.88. The highest BCUT2D eigenvalue weighted by molar-refractivity contribution is 5.39. The van der Waals surface area contributed by atoms with E-state index in [1.54, 1.807) is 0 Å². The molecule has 1 saturated heterocycles. The molecule has 0 aliphatic carbocycles. The molecule has 1 N–H and O–H groups in total. The van der Waals surface area contributed by atoms with E-state index in [1.165, 1.54) is 11.1 Å². The van der Waals surface area contributed by atoms with Crippen LogP contribution >= 0.6 is 0 Å². The Hall–Kier alpha value is -1.06. The van der Waals surface area contributed by atoms with E-state index in [1.807, 2.05) is 0 Å². The first-order valence-corrected chi connectivity index (χ1v) is 7.30. The van der Waals surface area contributed by atoms with Crippen molar-refractivity contribution in [2.24, 2.45) is 0 Å². The maximum Gasteiger partial charge on any atom is 0.122 e. The molecule has 1 fully saturated rings.